The van der Waals surface area contributed by atoms with Gasteiger partial charge in [0.15, 0.2) is 0 Å². The van der Waals surface area contributed by atoms with Crippen molar-refractivity contribution in [1.29, 1.82) is 0 Å². The molecule has 1 atom stereocenters. The number of carbonyl (C=O) groups is 1. The fourth-order valence-corrected chi connectivity index (χ4v) is 4.18. The maximum Gasteiger partial charge on any atom is 0.257 e. The molecule has 4 heterocycles. The average molecular weight is 381 g/mol. The summed E-state index contributed by atoms with van der Waals surface area (Å²) in [6.07, 6.45) is 4.05. The number of aryl methyl sites for hydroxylation is 1. The van der Waals surface area contributed by atoms with Crippen molar-refractivity contribution in [1.82, 2.24) is 14.5 Å². The van der Waals surface area contributed by atoms with Gasteiger partial charge in [0.1, 0.15) is 29.6 Å². The van der Waals surface area contributed by atoms with Gasteiger partial charge in [0, 0.05) is 12.1 Å². The molecule has 2 aliphatic rings. The van der Waals surface area contributed by atoms with Crippen LogP contribution in [0.3, 0.4) is 0 Å². The van der Waals surface area contributed by atoms with E-state index in [0.29, 0.717) is 37.6 Å². The van der Waals surface area contributed by atoms with Crippen LogP contribution in [0.15, 0.2) is 47.2 Å². The summed E-state index contributed by atoms with van der Waals surface area (Å²) in [5.41, 5.74) is 1.79. The molecule has 2 aromatic heterocycles. The second-order valence-electron chi connectivity index (χ2n) is 7.50. The van der Waals surface area contributed by atoms with Crippen LogP contribution in [-0.2, 0) is 17.9 Å². The third-order valence-corrected chi connectivity index (χ3v) is 5.71. The maximum absolute atomic E-state index is 13.7. The van der Waals surface area contributed by atoms with Gasteiger partial charge >= 0.3 is 0 Å². The minimum atomic E-state index is -0.455. The number of aromatic nitrogens is 2. The number of ether oxygens (including phenoxy) is 1. The third-order valence-electron chi connectivity index (χ3n) is 5.71. The van der Waals surface area contributed by atoms with Gasteiger partial charge in [0.05, 0.1) is 36.8 Å². The molecule has 7 heteroatoms. The number of amides is 1. The summed E-state index contributed by atoms with van der Waals surface area (Å²) in [6.45, 7) is 3.89. The topological polar surface area (TPSA) is 60.5 Å². The number of halogens is 1. The van der Waals surface area contributed by atoms with Crippen LogP contribution >= 0.6 is 0 Å². The molecule has 0 N–H and O–H groups in total. The van der Waals surface area contributed by atoms with Crippen LogP contribution in [0, 0.1) is 12.7 Å². The van der Waals surface area contributed by atoms with Gasteiger partial charge in [0.2, 0.25) is 0 Å². The first-order chi connectivity index (χ1) is 13.5. The van der Waals surface area contributed by atoms with Gasteiger partial charge in [-0.25, -0.2) is 9.37 Å². The van der Waals surface area contributed by atoms with Crippen molar-refractivity contribution in [2.75, 3.05) is 13.1 Å². The van der Waals surface area contributed by atoms with Crippen LogP contribution in [0.25, 0.3) is 11.3 Å². The fraction of sp³-hybridized carbons (Fsp3) is 0.333. The van der Waals surface area contributed by atoms with Crippen molar-refractivity contribution in [2.24, 2.45) is 0 Å². The molecular formula is C21H20FN3O3. The summed E-state index contributed by atoms with van der Waals surface area (Å²) in [6, 6.07) is 8.23. The fourth-order valence-electron chi connectivity index (χ4n) is 4.18. The van der Waals surface area contributed by atoms with E-state index in [1.807, 2.05) is 11.0 Å². The summed E-state index contributed by atoms with van der Waals surface area (Å²) >= 11 is 0. The van der Waals surface area contributed by atoms with Crippen LogP contribution < -0.4 is 0 Å². The number of hydrogen-bond acceptors (Lipinski definition) is 4. The van der Waals surface area contributed by atoms with E-state index in [9.17, 15) is 9.18 Å². The molecule has 28 heavy (non-hydrogen) atoms. The lowest BCUT2D eigenvalue weighted by Gasteiger charge is -2.35. The summed E-state index contributed by atoms with van der Waals surface area (Å²) in [5, 5.41) is 0. The highest BCUT2D eigenvalue weighted by Crippen LogP contribution is 2.36. The molecule has 2 aliphatic heterocycles. The minimum Gasteiger partial charge on any atom is -0.469 e. The van der Waals surface area contributed by atoms with Crippen molar-refractivity contribution in [2.45, 2.75) is 32.1 Å². The first-order valence-electron chi connectivity index (χ1n) is 9.32. The number of benzene rings is 1. The zero-order valence-electron chi connectivity index (χ0n) is 15.5. The van der Waals surface area contributed by atoms with Crippen molar-refractivity contribution in [3.63, 3.8) is 0 Å². The first kappa shape index (κ1) is 17.2. The van der Waals surface area contributed by atoms with Gasteiger partial charge in [-0.1, -0.05) is 12.1 Å². The van der Waals surface area contributed by atoms with Crippen LogP contribution in [0.1, 0.15) is 28.4 Å². The Morgan fingerprint density at radius 3 is 2.96 bits per heavy atom. The lowest BCUT2D eigenvalue weighted by atomic mass is 10.0. The van der Waals surface area contributed by atoms with Crippen molar-refractivity contribution in [3.8, 4) is 11.3 Å². The number of likely N-dealkylation sites (tertiary alicyclic amines) is 1. The Hall–Kier alpha value is -2.93. The molecule has 0 aliphatic carbocycles. The Morgan fingerprint density at radius 1 is 1.29 bits per heavy atom. The quantitative estimate of drug-likeness (QED) is 0.683. The zero-order chi connectivity index (χ0) is 19.3. The standard InChI is InChI=1S/C21H20FN3O3/c1-14-17(5-8-27-14)20(26)24-7-6-21(12-24)13-25-18(10-23-19(25)11-28-21)15-3-2-4-16(22)9-15/h2-5,8-10H,6-7,11-13H2,1H3/t21-/m1/s1. The summed E-state index contributed by atoms with van der Waals surface area (Å²) in [5.74, 6) is 1.14. The van der Waals surface area contributed by atoms with Gasteiger partial charge in [-0.05, 0) is 31.5 Å². The van der Waals surface area contributed by atoms with Crippen molar-refractivity contribution >= 4 is 5.91 Å². The minimum absolute atomic E-state index is 0.0338. The van der Waals surface area contributed by atoms with Crippen molar-refractivity contribution < 1.29 is 18.3 Å². The molecule has 0 bridgehead atoms. The predicted molar refractivity (Wildman–Crippen MR) is 99.1 cm³/mol. The van der Waals surface area contributed by atoms with Crippen LogP contribution in [-0.4, -0.2) is 39.0 Å². The molecule has 3 aromatic rings. The Morgan fingerprint density at radius 2 is 2.18 bits per heavy atom. The smallest absolute Gasteiger partial charge is 0.257 e. The van der Waals surface area contributed by atoms with Gasteiger partial charge < -0.3 is 18.6 Å². The van der Waals surface area contributed by atoms with E-state index in [0.717, 1.165) is 23.5 Å². The number of fused-ring (bicyclic) bond motifs is 1. The Bertz CT molecular complexity index is 1060. The summed E-state index contributed by atoms with van der Waals surface area (Å²) in [7, 11) is 0. The van der Waals surface area contributed by atoms with Gasteiger partial charge in [-0.15, -0.1) is 0 Å². The highest BCUT2D eigenvalue weighted by molar-refractivity contribution is 5.95. The average Bonchev–Trinajstić information content (AvgIpc) is 3.40. The number of furan rings is 1. The number of nitrogens with zero attached hydrogens (tertiary/aromatic N) is 3. The first-order valence-corrected chi connectivity index (χ1v) is 9.32. The second-order valence-corrected chi connectivity index (χ2v) is 7.50. The molecule has 0 unspecified atom stereocenters. The van der Waals surface area contributed by atoms with E-state index >= 15 is 0 Å². The molecule has 1 saturated heterocycles. The molecule has 144 valence electrons. The highest BCUT2D eigenvalue weighted by atomic mass is 19.1. The Balaban J connectivity index is 1.41. The largest absolute Gasteiger partial charge is 0.469 e. The van der Waals surface area contributed by atoms with Crippen LogP contribution in [0.4, 0.5) is 4.39 Å². The van der Waals surface area contributed by atoms with E-state index < -0.39 is 5.60 Å². The monoisotopic (exact) mass is 381 g/mol. The molecule has 1 aromatic carbocycles. The Labute approximate surface area is 161 Å². The molecule has 0 radical (unpaired) electrons. The molecule has 1 fully saturated rings. The number of imidazole rings is 1. The lowest BCUT2D eigenvalue weighted by molar-refractivity contribution is -0.0804. The van der Waals surface area contributed by atoms with E-state index in [2.05, 4.69) is 9.55 Å². The normalized spacial score (nSPS) is 21.3. The van der Waals surface area contributed by atoms with E-state index in [-0.39, 0.29) is 11.7 Å². The maximum atomic E-state index is 13.7. The van der Waals surface area contributed by atoms with E-state index in [1.54, 1.807) is 25.3 Å². The highest BCUT2D eigenvalue weighted by Gasteiger charge is 2.45. The number of rotatable bonds is 2. The van der Waals surface area contributed by atoms with Gasteiger partial charge in [0.25, 0.3) is 5.91 Å². The SMILES string of the molecule is Cc1occc1C(=O)N1CC[C@@]2(C1)Cn1c(-c3cccc(F)c3)cnc1CO2. The molecule has 1 spiro atoms. The van der Waals surface area contributed by atoms with Crippen LogP contribution in [0.5, 0.6) is 0 Å². The predicted octanol–water partition coefficient (Wildman–Crippen LogP) is 3.41. The van der Waals surface area contributed by atoms with Gasteiger partial charge in [-0.3, -0.25) is 4.79 Å². The van der Waals surface area contributed by atoms with Crippen molar-refractivity contribution in [3.05, 3.63) is 65.8 Å². The number of carbonyl (C=O) groups excluding carboxylic acids is 1. The van der Waals surface area contributed by atoms with Gasteiger partial charge in [-0.2, -0.15) is 0 Å². The van der Waals surface area contributed by atoms with Crippen LogP contribution in [0.2, 0.25) is 0 Å². The Kier molecular flexibility index (Phi) is 3.87. The summed E-state index contributed by atoms with van der Waals surface area (Å²) < 4.78 is 27.2. The third kappa shape index (κ3) is 2.74. The van der Waals surface area contributed by atoms with E-state index in [4.69, 9.17) is 9.15 Å². The molecule has 6 nitrogen and oxygen atoms in total. The molecule has 5 rings (SSSR count). The molecule has 0 saturated carbocycles. The second kappa shape index (κ2) is 6.31. The van der Waals surface area contributed by atoms with E-state index in [1.165, 1.54) is 18.4 Å². The zero-order valence-corrected chi connectivity index (χ0v) is 15.5. The molecular weight excluding hydrogens is 361 g/mol. The lowest BCUT2D eigenvalue weighted by Crippen LogP contribution is -2.45. The number of hydrogen-bond donors (Lipinski definition) is 0. The summed E-state index contributed by atoms with van der Waals surface area (Å²) in [4.78, 5) is 19.1. The molecule has 1 amide bonds.